The molecule has 0 saturated carbocycles. The molecule has 1 aliphatic rings. The summed E-state index contributed by atoms with van der Waals surface area (Å²) in [6.07, 6.45) is 1.21. The quantitative estimate of drug-likeness (QED) is 0.887. The van der Waals surface area contributed by atoms with Crippen LogP contribution in [0.2, 0.25) is 5.02 Å². The summed E-state index contributed by atoms with van der Waals surface area (Å²) >= 11 is 5.62. The van der Waals surface area contributed by atoms with Gasteiger partial charge in [-0.1, -0.05) is 11.6 Å². The van der Waals surface area contributed by atoms with Crippen molar-refractivity contribution in [3.63, 3.8) is 0 Å². The second-order valence-corrected chi connectivity index (χ2v) is 4.62. The van der Waals surface area contributed by atoms with Crippen LogP contribution in [0.1, 0.15) is 23.2 Å². The Bertz CT molecular complexity index is 507. The van der Waals surface area contributed by atoms with Gasteiger partial charge in [-0.2, -0.15) is 0 Å². The zero-order chi connectivity index (χ0) is 13.3. The Hall–Kier alpha value is -1.62. The number of carbonyl (C=O) groups excluding carboxylic acids is 2. The van der Waals surface area contributed by atoms with Gasteiger partial charge in [0.2, 0.25) is 5.91 Å². The summed E-state index contributed by atoms with van der Waals surface area (Å²) in [7, 11) is 0. The predicted octanol–water partition coefficient (Wildman–Crippen LogP) is 1.57. The molecule has 0 radical (unpaired) electrons. The van der Waals surface area contributed by atoms with E-state index in [1.165, 1.54) is 17.0 Å². The van der Waals surface area contributed by atoms with Gasteiger partial charge in [-0.15, -0.1) is 0 Å². The molecule has 18 heavy (non-hydrogen) atoms. The maximum absolute atomic E-state index is 13.6. The summed E-state index contributed by atoms with van der Waals surface area (Å²) in [5, 5.41) is 0.219. The van der Waals surface area contributed by atoms with Gasteiger partial charge in [0.15, 0.2) is 0 Å². The highest BCUT2D eigenvalue weighted by Gasteiger charge is 2.34. The third-order valence-corrected chi connectivity index (χ3v) is 3.24. The van der Waals surface area contributed by atoms with Gasteiger partial charge in [0.05, 0.1) is 5.56 Å². The number of benzene rings is 1. The first-order valence-corrected chi connectivity index (χ1v) is 5.94. The SMILES string of the molecule is NC(=O)[C@@H]1CCCN1C(=O)c1ccc(Cl)cc1F. The number of amides is 2. The van der Waals surface area contributed by atoms with Crippen LogP contribution in [0.15, 0.2) is 18.2 Å². The molecule has 0 unspecified atom stereocenters. The van der Waals surface area contributed by atoms with E-state index in [0.29, 0.717) is 19.4 Å². The fraction of sp³-hybridized carbons (Fsp3) is 0.333. The van der Waals surface area contributed by atoms with Crippen molar-refractivity contribution in [2.45, 2.75) is 18.9 Å². The van der Waals surface area contributed by atoms with Gasteiger partial charge in [-0.3, -0.25) is 9.59 Å². The van der Waals surface area contributed by atoms with E-state index in [2.05, 4.69) is 0 Å². The predicted molar refractivity (Wildman–Crippen MR) is 64.7 cm³/mol. The number of rotatable bonds is 2. The summed E-state index contributed by atoms with van der Waals surface area (Å²) in [4.78, 5) is 24.6. The van der Waals surface area contributed by atoms with Gasteiger partial charge >= 0.3 is 0 Å². The lowest BCUT2D eigenvalue weighted by atomic mass is 10.1. The van der Waals surface area contributed by atoms with E-state index in [1.807, 2.05) is 0 Å². The second-order valence-electron chi connectivity index (χ2n) is 4.18. The smallest absolute Gasteiger partial charge is 0.257 e. The lowest BCUT2D eigenvalue weighted by Gasteiger charge is -2.22. The molecule has 1 fully saturated rings. The van der Waals surface area contributed by atoms with Crippen molar-refractivity contribution in [2.24, 2.45) is 5.73 Å². The molecule has 6 heteroatoms. The van der Waals surface area contributed by atoms with Crippen molar-refractivity contribution in [2.75, 3.05) is 6.54 Å². The van der Waals surface area contributed by atoms with Crippen molar-refractivity contribution in [1.29, 1.82) is 0 Å². The van der Waals surface area contributed by atoms with Crippen molar-refractivity contribution >= 4 is 23.4 Å². The molecule has 0 aliphatic carbocycles. The van der Waals surface area contributed by atoms with Crippen LogP contribution in [-0.4, -0.2) is 29.3 Å². The van der Waals surface area contributed by atoms with E-state index in [9.17, 15) is 14.0 Å². The molecular weight excluding hydrogens is 259 g/mol. The van der Waals surface area contributed by atoms with E-state index in [-0.39, 0.29) is 10.6 Å². The van der Waals surface area contributed by atoms with Crippen LogP contribution in [0.5, 0.6) is 0 Å². The Morgan fingerprint density at radius 2 is 2.17 bits per heavy atom. The number of carbonyl (C=O) groups is 2. The first-order valence-electron chi connectivity index (χ1n) is 5.56. The van der Waals surface area contributed by atoms with Crippen molar-refractivity contribution in [3.8, 4) is 0 Å². The number of hydrogen-bond acceptors (Lipinski definition) is 2. The second kappa shape index (κ2) is 4.94. The normalized spacial score (nSPS) is 19.0. The van der Waals surface area contributed by atoms with Gasteiger partial charge in [0.1, 0.15) is 11.9 Å². The van der Waals surface area contributed by atoms with Gasteiger partial charge in [0.25, 0.3) is 5.91 Å². The topological polar surface area (TPSA) is 63.4 Å². The highest BCUT2D eigenvalue weighted by Crippen LogP contribution is 2.22. The number of nitrogens with zero attached hydrogens (tertiary/aromatic N) is 1. The molecule has 0 bridgehead atoms. The third-order valence-electron chi connectivity index (χ3n) is 3.00. The number of halogens is 2. The van der Waals surface area contributed by atoms with Gasteiger partial charge < -0.3 is 10.6 Å². The lowest BCUT2D eigenvalue weighted by Crippen LogP contribution is -2.43. The molecule has 1 aliphatic heterocycles. The molecule has 1 saturated heterocycles. The molecule has 2 N–H and O–H groups in total. The third kappa shape index (κ3) is 2.31. The molecule has 1 heterocycles. The van der Waals surface area contributed by atoms with Gasteiger partial charge in [-0.05, 0) is 31.0 Å². The summed E-state index contributed by atoms with van der Waals surface area (Å²) in [6.45, 7) is 0.411. The fourth-order valence-electron chi connectivity index (χ4n) is 2.12. The molecule has 4 nitrogen and oxygen atoms in total. The molecule has 1 aromatic carbocycles. The Kier molecular flexibility index (Phi) is 3.52. The first kappa shape index (κ1) is 12.8. The number of likely N-dealkylation sites (tertiary alicyclic amines) is 1. The maximum atomic E-state index is 13.6. The van der Waals surface area contributed by atoms with E-state index < -0.39 is 23.7 Å². The minimum absolute atomic E-state index is 0.0902. The van der Waals surface area contributed by atoms with Crippen LogP contribution in [0.4, 0.5) is 4.39 Å². The zero-order valence-electron chi connectivity index (χ0n) is 9.53. The Labute approximate surface area is 109 Å². The largest absolute Gasteiger partial charge is 0.368 e. The average Bonchev–Trinajstić information content (AvgIpc) is 2.77. The molecule has 2 amide bonds. The molecule has 96 valence electrons. The zero-order valence-corrected chi connectivity index (χ0v) is 10.3. The fourth-order valence-corrected chi connectivity index (χ4v) is 2.28. The van der Waals surface area contributed by atoms with Crippen LogP contribution in [0.3, 0.4) is 0 Å². The van der Waals surface area contributed by atoms with Crippen LogP contribution in [-0.2, 0) is 4.79 Å². The summed E-state index contributed by atoms with van der Waals surface area (Å²) in [5.74, 6) is -1.77. The number of hydrogen-bond donors (Lipinski definition) is 1. The van der Waals surface area contributed by atoms with Crippen LogP contribution in [0, 0.1) is 5.82 Å². The Balaban J connectivity index is 2.28. The Morgan fingerprint density at radius 1 is 1.44 bits per heavy atom. The van der Waals surface area contributed by atoms with Gasteiger partial charge in [-0.25, -0.2) is 4.39 Å². The van der Waals surface area contributed by atoms with Crippen LogP contribution in [0.25, 0.3) is 0 Å². The Morgan fingerprint density at radius 3 is 2.78 bits per heavy atom. The molecule has 2 rings (SSSR count). The summed E-state index contributed by atoms with van der Waals surface area (Å²) < 4.78 is 13.6. The molecule has 0 aromatic heterocycles. The van der Waals surface area contributed by atoms with Crippen molar-refractivity contribution in [3.05, 3.63) is 34.6 Å². The van der Waals surface area contributed by atoms with E-state index >= 15 is 0 Å². The maximum Gasteiger partial charge on any atom is 0.257 e. The first-order chi connectivity index (χ1) is 8.50. The highest BCUT2D eigenvalue weighted by atomic mass is 35.5. The van der Waals surface area contributed by atoms with Crippen LogP contribution < -0.4 is 5.73 Å². The summed E-state index contributed by atoms with van der Waals surface area (Å²) in [6, 6.07) is 3.18. The monoisotopic (exact) mass is 270 g/mol. The minimum Gasteiger partial charge on any atom is -0.368 e. The number of nitrogens with two attached hydrogens (primary N) is 1. The van der Waals surface area contributed by atoms with E-state index in [0.717, 1.165) is 6.07 Å². The molecular formula is C12H12ClFN2O2. The minimum atomic E-state index is -0.692. The summed E-state index contributed by atoms with van der Waals surface area (Å²) in [5.41, 5.74) is 5.13. The average molecular weight is 271 g/mol. The van der Waals surface area contributed by atoms with Crippen molar-refractivity contribution < 1.29 is 14.0 Å². The standard InChI is InChI=1S/C12H12ClFN2O2/c13-7-3-4-8(9(14)6-7)12(18)16-5-1-2-10(16)11(15)17/h3-4,6,10H,1-2,5H2,(H2,15,17)/t10-/m0/s1. The van der Waals surface area contributed by atoms with E-state index in [4.69, 9.17) is 17.3 Å². The molecule has 1 aromatic rings. The van der Waals surface area contributed by atoms with E-state index in [1.54, 1.807) is 0 Å². The highest BCUT2D eigenvalue weighted by molar-refractivity contribution is 6.30. The van der Waals surface area contributed by atoms with Gasteiger partial charge in [0, 0.05) is 11.6 Å². The number of primary amides is 1. The van der Waals surface area contributed by atoms with Crippen LogP contribution >= 0.6 is 11.6 Å². The lowest BCUT2D eigenvalue weighted by molar-refractivity contribution is -0.121. The molecule has 1 atom stereocenters. The van der Waals surface area contributed by atoms with Crippen molar-refractivity contribution in [1.82, 2.24) is 4.90 Å². The molecule has 0 spiro atoms.